The highest BCUT2D eigenvalue weighted by atomic mass is 19.1. The average Bonchev–Trinajstić information content (AvgIpc) is 2.94. The Hall–Kier alpha value is -5.05. The molecule has 0 aliphatic carbocycles. The fourth-order valence-electron chi connectivity index (χ4n) is 4.64. The first-order valence-corrected chi connectivity index (χ1v) is 13.0. The van der Waals surface area contributed by atoms with Crippen LogP contribution < -0.4 is 14.8 Å². The van der Waals surface area contributed by atoms with Crippen LogP contribution in [0.3, 0.4) is 0 Å². The van der Waals surface area contributed by atoms with E-state index >= 15 is 4.39 Å². The van der Waals surface area contributed by atoms with Crippen LogP contribution in [0.15, 0.2) is 67.0 Å². The van der Waals surface area contributed by atoms with E-state index in [0.29, 0.717) is 45.4 Å². The molecule has 0 radical (unpaired) electrons. The number of nitrogens with one attached hydrogen (secondary N) is 1. The summed E-state index contributed by atoms with van der Waals surface area (Å²) in [6.45, 7) is 7.63. The predicted octanol–water partition coefficient (Wildman–Crippen LogP) is 7.33. The molecule has 41 heavy (non-hydrogen) atoms. The van der Waals surface area contributed by atoms with Crippen LogP contribution in [0, 0.1) is 19.7 Å². The van der Waals surface area contributed by atoms with E-state index in [9.17, 15) is 9.90 Å². The third kappa shape index (κ3) is 5.51. The van der Waals surface area contributed by atoms with Crippen molar-refractivity contribution in [3.8, 4) is 34.1 Å². The van der Waals surface area contributed by atoms with Gasteiger partial charge in [-0.3, -0.25) is 14.8 Å². The van der Waals surface area contributed by atoms with Gasteiger partial charge < -0.3 is 19.9 Å². The quantitative estimate of drug-likeness (QED) is 0.218. The van der Waals surface area contributed by atoms with Gasteiger partial charge in [0.25, 0.3) is 5.91 Å². The molecule has 208 valence electrons. The minimum absolute atomic E-state index is 0.0176. The number of ether oxygens (including phenoxy) is 2. The first-order valence-electron chi connectivity index (χ1n) is 13.0. The van der Waals surface area contributed by atoms with Crippen LogP contribution in [0.25, 0.3) is 22.2 Å². The number of amides is 1. The number of hydrogen-bond acceptors (Lipinski definition) is 7. The number of fused-ring (bicyclic) bond motifs is 1. The molecule has 3 heterocycles. The second-order valence-electron chi connectivity index (χ2n) is 9.91. The summed E-state index contributed by atoms with van der Waals surface area (Å²) in [4.78, 5) is 26.4. The third-order valence-electron chi connectivity index (χ3n) is 6.79. The molecule has 0 atom stereocenters. The Morgan fingerprint density at radius 3 is 2.41 bits per heavy atom. The lowest BCUT2D eigenvalue weighted by Gasteiger charge is -2.16. The molecule has 0 aliphatic rings. The van der Waals surface area contributed by atoms with Gasteiger partial charge in [0.2, 0.25) is 0 Å². The molecule has 0 unspecified atom stereocenters. The number of pyridine rings is 3. The van der Waals surface area contributed by atoms with Crippen molar-refractivity contribution < 1.29 is 23.8 Å². The Morgan fingerprint density at radius 2 is 1.73 bits per heavy atom. The summed E-state index contributed by atoms with van der Waals surface area (Å²) in [7, 11) is 1.53. The molecule has 5 rings (SSSR count). The maximum atomic E-state index is 15.1. The van der Waals surface area contributed by atoms with Crippen molar-refractivity contribution >= 4 is 22.6 Å². The summed E-state index contributed by atoms with van der Waals surface area (Å²) >= 11 is 0. The van der Waals surface area contributed by atoms with E-state index in [1.165, 1.54) is 31.6 Å². The van der Waals surface area contributed by atoms with Gasteiger partial charge in [0.05, 0.1) is 24.5 Å². The van der Waals surface area contributed by atoms with Crippen LogP contribution in [0.5, 0.6) is 23.0 Å². The zero-order valence-corrected chi connectivity index (χ0v) is 23.3. The molecule has 0 saturated heterocycles. The lowest BCUT2D eigenvalue weighted by atomic mass is 9.95. The van der Waals surface area contributed by atoms with Crippen LogP contribution >= 0.6 is 0 Å². The molecule has 3 aromatic heterocycles. The van der Waals surface area contributed by atoms with Crippen molar-refractivity contribution in [1.82, 2.24) is 15.0 Å². The first kappa shape index (κ1) is 27.5. The van der Waals surface area contributed by atoms with Crippen LogP contribution in [0.1, 0.15) is 47.1 Å². The van der Waals surface area contributed by atoms with E-state index in [1.807, 2.05) is 24.3 Å². The highest BCUT2D eigenvalue weighted by molar-refractivity contribution is 6.08. The van der Waals surface area contributed by atoms with Gasteiger partial charge in [-0.15, -0.1) is 0 Å². The monoisotopic (exact) mass is 552 g/mol. The zero-order chi connectivity index (χ0) is 29.3. The molecule has 0 bridgehead atoms. The largest absolute Gasteiger partial charge is 0.506 e. The molecular weight excluding hydrogens is 523 g/mol. The molecule has 5 aromatic rings. The standard InChI is InChI=1S/C32H29FN4O4/c1-17(2)20-6-8-21(9-7-20)28-18(3)36-19(4)29(31(28)38)32(39)37-22-10-11-26(24(33)14-22)41-27-12-13-34-25-15-23(40-5)16-35-30(25)27/h6-17H,1-5H3,(H,36,38)(H,37,39). The minimum atomic E-state index is -0.699. The second kappa shape index (κ2) is 11.2. The smallest absolute Gasteiger partial charge is 0.261 e. The van der Waals surface area contributed by atoms with Crippen molar-refractivity contribution in [3.63, 3.8) is 0 Å². The van der Waals surface area contributed by atoms with E-state index in [0.717, 1.165) is 17.2 Å². The van der Waals surface area contributed by atoms with Crippen molar-refractivity contribution in [1.29, 1.82) is 0 Å². The highest BCUT2D eigenvalue weighted by Gasteiger charge is 2.23. The Balaban J connectivity index is 1.40. The molecule has 1 amide bonds. The summed E-state index contributed by atoms with van der Waals surface area (Å²) in [5.74, 6) is -0.342. The number of aryl methyl sites for hydroxylation is 2. The van der Waals surface area contributed by atoms with Gasteiger partial charge in [0.15, 0.2) is 17.3 Å². The number of halogens is 1. The molecule has 8 nitrogen and oxygen atoms in total. The van der Waals surface area contributed by atoms with Gasteiger partial charge in [-0.25, -0.2) is 9.37 Å². The molecular formula is C32H29FN4O4. The van der Waals surface area contributed by atoms with Crippen LogP contribution in [-0.4, -0.2) is 33.1 Å². The Bertz CT molecular complexity index is 1770. The number of benzene rings is 2. The number of aromatic nitrogens is 3. The zero-order valence-electron chi connectivity index (χ0n) is 23.3. The number of anilines is 1. The highest BCUT2D eigenvalue weighted by Crippen LogP contribution is 2.37. The molecule has 0 saturated carbocycles. The SMILES string of the molecule is COc1cnc2c(Oc3ccc(NC(=O)c4c(C)nc(C)c(-c5ccc(C(C)C)cc5)c4O)cc3F)ccnc2c1. The van der Waals surface area contributed by atoms with Crippen LogP contribution in [0.4, 0.5) is 10.1 Å². The maximum absolute atomic E-state index is 15.1. The maximum Gasteiger partial charge on any atom is 0.261 e. The summed E-state index contributed by atoms with van der Waals surface area (Å²) in [6.07, 6.45) is 3.05. The molecule has 9 heteroatoms. The van der Waals surface area contributed by atoms with Gasteiger partial charge in [-0.1, -0.05) is 38.1 Å². The number of aromatic hydroxyl groups is 1. The van der Waals surface area contributed by atoms with Crippen LogP contribution in [0.2, 0.25) is 0 Å². The number of nitrogens with zero attached hydrogens (tertiary/aromatic N) is 3. The molecule has 2 aromatic carbocycles. The number of hydrogen-bond donors (Lipinski definition) is 2. The van der Waals surface area contributed by atoms with E-state index in [1.54, 1.807) is 26.0 Å². The second-order valence-corrected chi connectivity index (χ2v) is 9.91. The van der Waals surface area contributed by atoms with Gasteiger partial charge in [-0.05, 0) is 43.0 Å². The Morgan fingerprint density at radius 1 is 0.976 bits per heavy atom. The average molecular weight is 553 g/mol. The lowest BCUT2D eigenvalue weighted by Crippen LogP contribution is -2.15. The van der Waals surface area contributed by atoms with E-state index < -0.39 is 11.7 Å². The minimum Gasteiger partial charge on any atom is -0.506 e. The van der Waals surface area contributed by atoms with E-state index in [4.69, 9.17) is 9.47 Å². The van der Waals surface area contributed by atoms with Crippen LogP contribution in [-0.2, 0) is 0 Å². The van der Waals surface area contributed by atoms with Crippen molar-refractivity contribution in [2.45, 2.75) is 33.6 Å². The number of carbonyl (C=O) groups excluding carboxylic acids is 1. The third-order valence-corrected chi connectivity index (χ3v) is 6.79. The molecule has 0 spiro atoms. The molecule has 0 aliphatic heterocycles. The van der Waals surface area contributed by atoms with Gasteiger partial charge in [0, 0.05) is 41.3 Å². The van der Waals surface area contributed by atoms with Crippen molar-refractivity contribution in [2.75, 3.05) is 12.4 Å². The molecule has 0 fully saturated rings. The van der Waals surface area contributed by atoms with E-state index in [-0.39, 0.29) is 22.7 Å². The normalized spacial score (nSPS) is 11.1. The van der Waals surface area contributed by atoms with Gasteiger partial charge >= 0.3 is 0 Å². The lowest BCUT2D eigenvalue weighted by molar-refractivity contribution is 0.102. The topological polar surface area (TPSA) is 106 Å². The first-order chi connectivity index (χ1) is 19.7. The Kier molecular flexibility index (Phi) is 7.52. The fraction of sp³-hybridized carbons (Fsp3) is 0.188. The number of carbonyl (C=O) groups is 1. The predicted molar refractivity (Wildman–Crippen MR) is 155 cm³/mol. The van der Waals surface area contributed by atoms with Gasteiger partial charge in [-0.2, -0.15) is 0 Å². The summed E-state index contributed by atoms with van der Waals surface area (Å²) in [5, 5.41) is 13.9. The number of methoxy groups -OCH3 is 1. The molecule has 2 N–H and O–H groups in total. The Labute approximate surface area is 236 Å². The van der Waals surface area contributed by atoms with E-state index in [2.05, 4.69) is 34.1 Å². The van der Waals surface area contributed by atoms with Gasteiger partial charge in [0.1, 0.15) is 22.6 Å². The van der Waals surface area contributed by atoms with Crippen molar-refractivity contribution in [2.24, 2.45) is 0 Å². The summed E-state index contributed by atoms with van der Waals surface area (Å²) < 4.78 is 26.1. The fourth-order valence-corrected chi connectivity index (χ4v) is 4.64. The summed E-state index contributed by atoms with van der Waals surface area (Å²) in [6, 6.07) is 15.1. The number of rotatable bonds is 7. The van der Waals surface area contributed by atoms with Crippen molar-refractivity contribution in [3.05, 3.63) is 95.3 Å². The summed E-state index contributed by atoms with van der Waals surface area (Å²) in [5.41, 5.74) is 4.50.